The first-order valence-electron chi connectivity index (χ1n) is 6.17. The van der Waals surface area contributed by atoms with Gasteiger partial charge in [0, 0.05) is 6.04 Å². The first-order chi connectivity index (χ1) is 8.19. The van der Waals surface area contributed by atoms with E-state index >= 15 is 0 Å². The molecule has 0 saturated carbocycles. The fourth-order valence-corrected chi connectivity index (χ4v) is 2.24. The minimum atomic E-state index is -0.102. The summed E-state index contributed by atoms with van der Waals surface area (Å²) in [5.41, 5.74) is 1.78. The maximum Gasteiger partial charge on any atom is 0.126 e. The molecular formula is C14H22FNS. The SMILES string of the molecule is CCCNC(CCSC)c1ccc(C)c(F)c1. The van der Waals surface area contributed by atoms with E-state index in [0.717, 1.165) is 30.7 Å². The monoisotopic (exact) mass is 255 g/mol. The molecule has 3 heteroatoms. The fraction of sp³-hybridized carbons (Fsp3) is 0.571. The van der Waals surface area contributed by atoms with Gasteiger partial charge in [-0.1, -0.05) is 19.1 Å². The molecule has 0 radical (unpaired) electrons. The van der Waals surface area contributed by atoms with E-state index in [4.69, 9.17) is 0 Å². The van der Waals surface area contributed by atoms with E-state index in [-0.39, 0.29) is 11.9 Å². The fourth-order valence-electron chi connectivity index (χ4n) is 1.77. The third-order valence-electron chi connectivity index (χ3n) is 2.85. The Morgan fingerprint density at radius 1 is 1.41 bits per heavy atom. The molecule has 1 unspecified atom stereocenters. The van der Waals surface area contributed by atoms with E-state index < -0.39 is 0 Å². The van der Waals surface area contributed by atoms with Gasteiger partial charge >= 0.3 is 0 Å². The molecule has 0 aromatic heterocycles. The quantitative estimate of drug-likeness (QED) is 0.792. The molecule has 0 saturated heterocycles. The minimum Gasteiger partial charge on any atom is -0.310 e. The van der Waals surface area contributed by atoms with Crippen LogP contribution in [0.4, 0.5) is 4.39 Å². The highest BCUT2D eigenvalue weighted by molar-refractivity contribution is 7.98. The molecule has 0 heterocycles. The predicted octanol–water partition coefficient (Wildman–Crippen LogP) is 3.93. The van der Waals surface area contributed by atoms with Crippen molar-refractivity contribution >= 4 is 11.8 Å². The largest absolute Gasteiger partial charge is 0.310 e. The summed E-state index contributed by atoms with van der Waals surface area (Å²) < 4.78 is 13.6. The van der Waals surface area contributed by atoms with Crippen molar-refractivity contribution in [2.45, 2.75) is 32.7 Å². The number of rotatable bonds is 7. The van der Waals surface area contributed by atoms with Gasteiger partial charge in [0.25, 0.3) is 0 Å². The van der Waals surface area contributed by atoms with Gasteiger partial charge in [-0.25, -0.2) is 4.39 Å². The lowest BCUT2D eigenvalue weighted by Crippen LogP contribution is -2.23. The van der Waals surface area contributed by atoms with Gasteiger partial charge in [0.1, 0.15) is 5.82 Å². The zero-order valence-corrected chi connectivity index (χ0v) is 11.7. The second kappa shape index (κ2) is 7.72. The topological polar surface area (TPSA) is 12.0 Å². The van der Waals surface area contributed by atoms with Gasteiger partial charge in [0.2, 0.25) is 0 Å². The Labute approximate surface area is 108 Å². The molecule has 0 fully saturated rings. The van der Waals surface area contributed by atoms with Gasteiger partial charge in [-0.05, 0) is 55.5 Å². The Hall–Kier alpha value is -0.540. The highest BCUT2D eigenvalue weighted by atomic mass is 32.2. The molecule has 1 nitrogen and oxygen atoms in total. The highest BCUT2D eigenvalue weighted by Crippen LogP contribution is 2.21. The lowest BCUT2D eigenvalue weighted by Gasteiger charge is -2.19. The first-order valence-corrected chi connectivity index (χ1v) is 7.56. The van der Waals surface area contributed by atoms with E-state index in [1.54, 1.807) is 13.0 Å². The standard InChI is InChI=1S/C14H22FNS/c1-4-8-16-14(7-9-17-3)12-6-5-11(2)13(15)10-12/h5-6,10,14,16H,4,7-9H2,1-3H3. The number of nitrogens with one attached hydrogen (secondary N) is 1. The number of hydrogen-bond donors (Lipinski definition) is 1. The highest BCUT2D eigenvalue weighted by Gasteiger charge is 2.11. The molecule has 1 aromatic rings. The Kier molecular flexibility index (Phi) is 6.60. The van der Waals surface area contributed by atoms with Crippen LogP contribution in [0.3, 0.4) is 0 Å². The lowest BCUT2D eigenvalue weighted by molar-refractivity contribution is 0.516. The molecule has 1 atom stereocenters. The van der Waals surface area contributed by atoms with Gasteiger partial charge in [-0.15, -0.1) is 0 Å². The van der Waals surface area contributed by atoms with Crippen LogP contribution in [0, 0.1) is 12.7 Å². The second-order valence-electron chi connectivity index (χ2n) is 4.30. The summed E-state index contributed by atoms with van der Waals surface area (Å²) in [5.74, 6) is 0.992. The van der Waals surface area contributed by atoms with Crippen LogP contribution in [-0.2, 0) is 0 Å². The molecule has 0 aliphatic rings. The third kappa shape index (κ3) is 4.68. The maximum atomic E-state index is 13.6. The van der Waals surface area contributed by atoms with Crippen LogP contribution in [0.5, 0.6) is 0 Å². The average molecular weight is 255 g/mol. The lowest BCUT2D eigenvalue weighted by atomic mass is 10.0. The van der Waals surface area contributed by atoms with Crippen molar-refractivity contribution in [1.82, 2.24) is 5.32 Å². The minimum absolute atomic E-state index is 0.102. The summed E-state index contributed by atoms with van der Waals surface area (Å²) >= 11 is 1.83. The van der Waals surface area contributed by atoms with E-state index in [9.17, 15) is 4.39 Å². The smallest absolute Gasteiger partial charge is 0.126 e. The predicted molar refractivity (Wildman–Crippen MR) is 75.2 cm³/mol. The van der Waals surface area contributed by atoms with E-state index in [0.29, 0.717) is 5.56 Å². The summed E-state index contributed by atoms with van der Waals surface area (Å²) in [5, 5.41) is 3.49. The number of hydrogen-bond acceptors (Lipinski definition) is 2. The number of halogens is 1. The first kappa shape index (κ1) is 14.5. The Bertz CT molecular complexity index is 333. The van der Waals surface area contributed by atoms with E-state index in [1.165, 1.54) is 0 Å². The molecular weight excluding hydrogens is 233 g/mol. The van der Waals surface area contributed by atoms with Crippen molar-refractivity contribution in [3.05, 3.63) is 35.1 Å². The van der Waals surface area contributed by atoms with Gasteiger partial charge in [0.05, 0.1) is 0 Å². The molecule has 0 aliphatic carbocycles. The molecule has 0 spiro atoms. The molecule has 0 bridgehead atoms. The van der Waals surface area contributed by atoms with Crippen molar-refractivity contribution in [3.8, 4) is 0 Å². The second-order valence-corrected chi connectivity index (χ2v) is 5.28. The molecule has 17 heavy (non-hydrogen) atoms. The van der Waals surface area contributed by atoms with Crippen LogP contribution in [0.25, 0.3) is 0 Å². The van der Waals surface area contributed by atoms with Crippen LogP contribution >= 0.6 is 11.8 Å². The summed E-state index contributed by atoms with van der Waals surface area (Å²) in [6, 6.07) is 5.84. The Balaban J connectivity index is 2.75. The van der Waals surface area contributed by atoms with Crippen molar-refractivity contribution in [2.75, 3.05) is 18.6 Å². The van der Waals surface area contributed by atoms with Crippen LogP contribution in [0.2, 0.25) is 0 Å². The Morgan fingerprint density at radius 2 is 2.18 bits per heavy atom. The van der Waals surface area contributed by atoms with Gasteiger partial charge in [-0.3, -0.25) is 0 Å². The summed E-state index contributed by atoms with van der Waals surface area (Å²) in [4.78, 5) is 0. The number of thioether (sulfide) groups is 1. The molecule has 1 aromatic carbocycles. The van der Waals surface area contributed by atoms with Crippen LogP contribution in [0.15, 0.2) is 18.2 Å². The normalized spacial score (nSPS) is 12.7. The summed E-state index contributed by atoms with van der Waals surface area (Å²) in [6.45, 7) is 4.93. The summed E-state index contributed by atoms with van der Waals surface area (Å²) in [6.07, 6.45) is 4.25. The van der Waals surface area contributed by atoms with Gasteiger partial charge < -0.3 is 5.32 Å². The average Bonchev–Trinajstić information content (AvgIpc) is 2.33. The van der Waals surface area contributed by atoms with Crippen LogP contribution < -0.4 is 5.32 Å². The van der Waals surface area contributed by atoms with Crippen molar-refractivity contribution in [3.63, 3.8) is 0 Å². The summed E-state index contributed by atoms with van der Waals surface area (Å²) in [7, 11) is 0. The maximum absolute atomic E-state index is 13.6. The van der Waals surface area contributed by atoms with E-state index in [1.807, 2.05) is 23.9 Å². The third-order valence-corrected chi connectivity index (χ3v) is 3.49. The van der Waals surface area contributed by atoms with Crippen molar-refractivity contribution in [2.24, 2.45) is 0 Å². The number of benzene rings is 1. The zero-order chi connectivity index (χ0) is 12.7. The molecule has 1 N–H and O–H groups in total. The van der Waals surface area contributed by atoms with Crippen LogP contribution in [-0.4, -0.2) is 18.6 Å². The van der Waals surface area contributed by atoms with Gasteiger partial charge in [0.15, 0.2) is 0 Å². The van der Waals surface area contributed by atoms with Crippen molar-refractivity contribution < 1.29 is 4.39 Å². The van der Waals surface area contributed by atoms with Gasteiger partial charge in [-0.2, -0.15) is 11.8 Å². The molecule has 0 amide bonds. The van der Waals surface area contributed by atoms with Crippen molar-refractivity contribution in [1.29, 1.82) is 0 Å². The molecule has 0 aliphatic heterocycles. The van der Waals surface area contributed by atoms with E-state index in [2.05, 4.69) is 18.5 Å². The molecule has 96 valence electrons. The number of aryl methyl sites for hydroxylation is 1. The molecule has 1 rings (SSSR count). The van der Waals surface area contributed by atoms with Crippen LogP contribution in [0.1, 0.15) is 36.9 Å². The Morgan fingerprint density at radius 3 is 2.76 bits per heavy atom. The zero-order valence-electron chi connectivity index (χ0n) is 10.9.